The van der Waals surface area contributed by atoms with E-state index in [1.165, 1.54) is 13.2 Å². The first-order chi connectivity index (χ1) is 10.9. The van der Waals surface area contributed by atoms with Gasteiger partial charge in [0.25, 0.3) is 0 Å². The molecule has 2 aromatic rings. The highest BCUT2D eigenvalue weighted by molar-refractivity contribution is 7.84. The summed E-state index contributed by atoms with van der Waals surface area (Å²) in [6.45, 7) is 0.623. The molecule has 0 heterocycles. The number of benzene rings is 2. The van der Waals surface area contributed by atoms with E-state index in [2.05, 4.69) is 0 Å². The van der Waals surface area contributed by atoms with Crippen molar-refractivity contribution in [3.8, 4) is 5.75 Å². The fourth-order valence-corrected chi connectivity index (χ4v) is 2.73. The smallest absolute Gasteiger partial charge is 0.311 e. The summed E-state index contributed by atoms with van der Waals surface area (Å²) in [6.07, 6.45) is 1.64. The monoisotopic (exact) mass is 334 g/mol. The van der Waals surface area contributed by atoms with Crippen LogP contribution in [0.3, 0.4) is 0 Å². The number of anilines is 1. The lowest BCUT2D eigenvalue weighted by molar-refractivity contribution is -0.385. The summed E-state index contributed by atoms with van der Waals surface area (Å²) >= 11 is 0. The standard InChI is InChI=1S/C16H18N2O4S/c1-17(11-12-4-7-14(8-5-12)23(3)21)13-6-9-15(18(19)20)16(10-13)22-2/h4-10H,11H2,1-3H3/t23-/m0/s1. The maximum absolute atomic E-state index is 11.4. The van der Waals surface area contributed by atoms with Crippen LogP contribution in [0.1, 0.15) is 5.56 Å². The van der Waals surface area contributed by atoms with Gasteiger partial charge in [0.1, 0.15) is 0 Å². The van der Waals surface area contributed by atoms with Crippen LogP contribution < -0.4 is 9.64 Å². The van der Waals surface area contributed by atoms with Gasteiger partial charge in [-0.3, -0.25) is 14.3 Å². The van der Waals surface area contributed by atoms with Crippen LogP contribution in [-0.4, -0.2) is 29.5 Å². The Labute approximate surface area is 137 Å². The molecule has 0 aliphatic rings. The molecule has 0 unspecified atom stereocenters. The minimum absolute atomic E-state index is 0.0561. The first-order valence-electron chi connectivity index (χ1n) is 6.88. The SMILES string of the molecule is COc1cc(N(C)Cc2ccc([S@](C)=O)cc2)ccc1[N+](=O)[O-]. The van der Waals surface area contributed by atoms with Crippen LogP contribution >= 0.6 is 0 Å². The van der Waals surface area contributed by atoms with Gasteiger partial charge in [-0.15, -0.1) is 0 Å². The van der Waals surface area contributed by atoms with Crippen LogP contribution in [0.5, 0.6) is 5.75 Å². The van der Waals surface area contributed by atoms with E-state index in [0.29, 0.717) is 6.54 Å². The summed E-state index contributed by atoms with van der Waals surface area (Å²) in [5, 5.41) is 10.9. The number of rotatable bonds is 6. The van der Waals surface area contributed by atoms with Crippen molar-refractivity contribution in [3.05, 3.63) is 58.1 Å². The molecule has 122 valence electrons. The van der Waals surface area contributed by atoms with Gasteiger partial charge < -0.3 is 9.64 Å². The third-order valence-corrected chi connectivity index (χ3v) is 4.41. The number of nitrogens with zero attached hydrogens (tertiary/aromatic N) is 2. The number of nitro benzene ring substituents is 1. The molecule has 0 radical (unpaired) electrons. The predicted molar refractivity (Wildman–Crippen MR) is 90.5 cm³/mol. The summed E-state index contributed by atoms with van der Waals surface area (Å²) < 4.78 is 16.5. The minimum Gasteiger partial charge on any atom is -0.490 e. The molecule has 23 heavy (non-hydrogen) atoms. The number of methoxy groups -OCH3 is 1. The minimum atomic E-state index is -0.991. The Bertz CT molecular complexity index is 731. The number of ether oxygens (including phenoxy) is 1. The van der Waals surface area contributed by atoms with Crippen molar-refractivity contribution in [2.45, 2.75) is 11.4 Å². The molecule has 1 atom stereocenters. The Morgan fingerprint density at radius 1 is 1.22 bits per heavy atom. The second kappa shape index (κ2) is 7.23. The fourth-order valence-electron chi connectivity index (χ4n) is 2.21. The zero-order chi connectivity index (χ0) is 17.0. The van der Waals surface area contributed by atoms with E-state index < -0.39 is 15.7 Å². The predicted octanol–water partition coefficient (Wildman–Crippen LogP) is 2.98. The highest BCUT2D eigenvalue weighted by Crippen LogP contribution is 2.31. The molecule has 0 amide bonds. The molecule has 0 N–H and O–H groups in total. The molecule has 0 fully saturated rings. The lowest BCUT2D eigenvalue weighted by Gasteiger charge is -2.20. The van der Waals surface area contributed by atoms with Crippen LogP contribution in [0.2, 0.25) is 0 Å². The molecule has 0 aromatic heterocycles. The first kappa shape index (κ1) is 17.0. The maximum atomic E-state index is 11.4. The maximum Gasteiger partial charge on any atom is 0.311 e. The van der Waals surface area contributed by atoms with Gasteiger partial charge in [-0.2, -0.15) is 0 Å². The summed E-state index contributed by atoms with van der Waals surface area (Å²) in [6, 6.07) is 12.3. The van der Waals surface area contributed by atoms with Crippen LogP contribution in [0.4, 0.5) is 11.4 Å². The van der Waals surface area contributed by atoms with E-state index in [9.17, 15) is 14.3 Å². The van der Waals surface area contributed by atoms with E-state index in [1.807, 2.05) is 36.2 Å². The molecule has 0 aliphatic carbocycles. The fraction of sp³-hybridized carbons (Fsp3) is 0.250. The van der Waals surface area contributed by atoms with E-state index in [4.69, 9.17) is 4.74 Å². The largest absolute Gasteiger partial charge is 0.490 e. The second-order valence-electron chi connectivity index (χ2n) is 5.07. The van der Waals surface area contributed by atoms with Crippen molar-refractivity contribution < 1.29 is 13.9 Å². The van der Waals surface area contributed by atoms with Crippen molar-refractivity contribution in [2.75, 3.05) is 25.3 Å². The zero-order valence-corrected chi connectivity index (χ0v) is 14.0. The van der Waals surface area contributed by atoms with Gasteiger partial charge in [-0.25, -0.2) is 0 Å². The van der Waals surface area contributed by atoms with Crippen molar-refractivity contribution in [3.63, 3.8) is 0 Å². The Kier molecular flexibility index (Phi) is 5.33. The van der Waals surface area contributed by atoms with Crippen LogP contribution in [-0.2, 0) is 17.3 Å². The molecular weight excluding hydrogens is 316 g/mol. The lowest BCUT2D eigenvalue weighted by atomic mass is 10.2. The van der Waals surface area contributed by atoms with E-state index in [0.717, 1.165) is 16.1 Å². The number of hydrogen-bond acceptors (Lipinski definition) is 5. The summed E-state index contributed by atoms with van der Waals surface area (Å²) in [5.41, 5.74) is 1.81. The Hall–Kier alpha value is -2.41. The van der Waals surface area contributed by atoms with Gasteiger partial charge in [-0.1, -0.05) is 12.1 Å². The van der Waals surface area contributed by atoms with Gasteiger partial charge >= 0.3 is 5.69 Å². The Balaban J connectivity index is 2.18. The number of hydrogen-bond donors (Lipinski definition) is 0. The van der Waals surface area contributed by atoms with Crippen LogP contribution in [0.15, 0.2) is 47.4 Å². The molecule has 0 saturated carbocycles. The first-order valence-corrected chi connectivity index (χ1v) is 8.44. The third kappa shape index (κ3) is 4.07. The lowest BCUT2D eigenvalue weighted by Crippen LogP contribution is -2.16. The summed E-state index contributed by atoms with van der Waals surface area (Å²) in [5.74, 6) is 0.232. The second-order valence-corrected chi connectivity index (χ2v) is 6.45. The zero-order valence-electron chi connectivity index (χ0n) is 13.2. The summed E-state index contributed by atoms with van der Waals surface area (Å²) in [7, 11) is 2.32. The van der Waals surface area contributed by atoms with E-state index >= 15 is 0 Å². The normalized spacial score (nSPS) is 11.8. The summed E-state index contributed by atoms with van der Waals surface area (Å²) in [4.78, 5) is 13.2. The van der Waals surface area contributed by atoms with Crippen molar-refractivity contribution in [2.24, 2.45) is 0 Å². The quantitative estimate of drug-likeness (QED) is 0.600. The van der Waals surface area contributed by atoms with Crippen molar-refractivity contribution in [1.29, 1.82) is 0 Å². The van der Waals surface area contributed by atoms with Gasteiger partial charge in [0.2, 0.25) is 0 Å². The van der Waals surface area contributed by atoms with Crippen molar-refractivity contribution in [1.82, 2.24) is 0 Å². The molecule has 0 aliphatic heterocycles. The molecule has 0 saturated heterocycles. The van der Waals surface area contributed by atoms with E-state index in [1.54, 1.807) is 18.4 Å². The Morgan fingerprint density at radius 3 is 2.39 bits per heavy atom. The van der Waals surface area contributed by atoms with Gasteiger partial charge in [0.05, 0.1) is 12.0 Å². The molecule has 2 rings (SSSR count). The van der Waals surface area contributed by atoms with Gasteiger partial charge in [0, 0.05) is 53.4 Å². The van der Waals surface area contributed by atoms with Gasteiger partial charge in [-0.05, 0) is 23.8 Å². The number of nitro groups is 1. The molecule has 7 heteroatoms. The van der Waals surface area contributed by atoms with Crippen LogP contribution in [0.25, 0.3) is 0 Å². The molecule has 6 nitrogen and oxygen atoms in total. The Morgan fingerprint density at radius 2 is 1.87 bits per heavy atom. The van der Waals surface area contributed by atoms with E-state index in [-0.39, 0.29) is 11.4 Å². The molecule has 0 spiro atoms. The molecule has 0 bridgehead atoms. The van der Waals surface area contributed by atoms with Crippen LogP contribution in [0, 0.1) is 10.1 Å². The highest BCUT2D eigenvalue weighted by Gasteiger charge is 2.16. The van der Waals surface area contributed by atoms with Crippen molar-refractivity contribution >= 4 is 22.2 Å². The average molecular weight is 334 g/mol. The van der Waals surface area contributed by atoms with Gasteiger partial charge in [0.15, 0.2) is 5.75 Å². The average Bonchev–Trinajstić information content (AvgIpc) is 2.54. The molecular formula is C16H18N2O4S. The third-order valence-electron chi connectivity index (χ3n) is 3.48. The highest BCUT2D eigenvalue weighted by atomic mass is 32.2. The molecule has 2 aromatic carbocycles. The topological polar surface area (TPSA) is 72.7 Å².